The first-order chi connectivity index (χ1) is 15.4. The summed E-state index contributed by atoms with van der Waals surface area (Å²) in [7, 11) is 0. The topological polar surface area (TPSA) is 76.2 Å². The molecular weight excluding hydrogens is 408 g/mol. The molecule has 2 aromatic carbocycles. The second-order valence-corrected chi connectivity index (χ2v) is 8.76. The van der Waals surface area contributed by atoms with Gasteiger partial charge in [-0.2, -0.15) is 0 Å². The Kier molecular flexibility index (Phi) is 5.31. The van der Waals surface area contributed by atoms with Crippen LogP contribution in [-0.2, 0) is 9.47 Å². The van der Waals surface area contributed by atoms with E-state index in [-0.39, 0.29) is 29.6 Å². The molecule has 2 fully saturated rings. The zero-order valence-electron chi connectivity index (χ0n) is 18.3. The van der Waals surface area contributed by atoms with Gasteiger partial charge >= 0.3 is 0 Å². The molecule has 2 aromatic rings. The van der Waals surface area contributed by atoms with Gasteiger partial charge in [0.25, 0.3) is 17.7 Å². The van der Waals surface area contributed by atoms with Gasteiger partial charge in [-0.3, -0.25) is 14.4 Å². The predicted octanol–water partition coefficient (Wildman–Crippen LogP) is 3.33. The number of imide groups is 1. The lowest BCUT2D eigenvalue weighted by Crippen LogP contribution is -2.43. The second kappa shape index (κ2) is 8.15. The Balaban J connectivity index is 1.40. The number of hydrogen-bond acceptors (Lipinski definition) is 5. The monoisotopic (exact) mass is 434 g/mol. The Morgan fingerprint density at radius 3 is 2.50 bits per heavy atom. The van der Waals surface area contributed by atoms with Gasteiger partial charge in [0.2, 0.25) is 0 Å². The van der Waals surface area contributed by atoms with Gasteiger partial charge in [-0.15, -0.1) is 0 Å². The van der Waals surface area contributed by atoms with Crippen LogP contribution in [0, 0.1) is 19.8 Å². The van der Waals surface area contributed by atoms with Crippen LogP contribution in [0.3, 0.4) is 0 Å². The maximum absolute atomic E-state index is 13.2. The van der Waals surface area contributed by atoms with E-state index in [4.69, 9.17) is 9.47 Å². The standard InChI is InChI=1S/C25H26N2O5/c1-15-5-6-16(2)21(12-15)27-23(29)19-8-7-17(13-20(19)24(27)30)22(28)26-9-3-4-18(14-26)25-31-10-11-32-25/h5-8,12-13,18,25H,3-4,9-11,14H2,1-2H3. The average molecular weight is 434 g/mol. The maximum Gasteiger partial charge on any atom is 0.266 e. The number of likely N-dealkylation sites (tertiary alicyclic amines) is 1. The molecule has 0 spiro atoms. The van der Waals surface area contributed by atoms with Crippen molar-refractivity contribution in [3.63, 3.8) is 0 Å². The van der Waals surface area contributed by atoms with Crippen LogP contribution in [0.15, 0.2) is 36.4 Å². The molecule has 0 saturated carbocycles. The van der Waals surface area contributed by atoms with Gasteiger partial charge in [0.1, 0.15) is 0 Å². The zero-order valence-corrected chi connectivity index (χ0v) is 18.3. The SMILES string of the molecule is Cc1ccc(C)c(N2C(=O)c3ccc(C(=O)N4CCCC(C5OCCO5)C4)cc3C2=O)c1. The molecule has 1 atom stereocenters. The van der Waals surface area contributed by atoms with Gasteiger partial charge in [0, 0.05) is 24.6 Å². The van der Waals surface area contributed by atoms with Crippen LogP contribution in [-0.4, -0.2) is 55.2 Å². The van der Waals surface area contributed by atoms with E-state index in [0.717, 1.165) is 24.0 Å². The number of aryl methyl sites for hydroxylation is 2. The summed E-state index contributed by atoms with van der Waals surface area (Å²) in [6.45, 7) is 6.19. The van der Waals surface area contributed by atoms with Gasteiger partial charge in [0.05, 0.1) is 30.0 Å². The van der Waals surface area contributed by atoms with Crippen molar-refractivity contribution in [3.05, 3.63) is 64.2 Å². The molecule has 0 bridgehead atoms. The first-order valence-electron chi connectivity index (χ1n) is 11.1. The number of amides is 3. The van der Waals surface area contributed by atoms with E-state index in [1.807, 2.05) is 32.0 Å². The van der Waals surface area contributed by atoms with E-state index in [0.29, 0.717) is 43.1 Å². The number of nitrogens with zero attached hydrogens (tertiary/aromatic N) is 2. The number of ether oxygens (including phenoxy) is 2. The number of fused-ring (bicyclic) bond motifs is 1. The highest BCUT2D eigenvalue weighted by Gasteiger charge is 2.39. The van der Waals surface area contributed by atoms with Crippen LogP contribution in [0.1, 0.15) is 55.0 Å². The van der Waals surface area contributed by atoms with E-state index in [1.165, 1.54) is 4.90 Å². The van der Waals surface area contributed by atoms with Crippen LogP contribution in [0.5, 0.6) is 0 Å². The molecule has 32 heavy (non-hydrogen) atoms. The van der Waals surface area contributed by atoms with Crippen LogP contribution in [0.25, 0.3) is 0 Å². The molecule has 0 N–H and O–H groups in total. The van der Waals surface area contributed by atoms with Crippen molar-refractivity contribution < 1.29 is 23.9 Å². The van der Waals surface area contributed by atoms with E-state index in [2.05, 4.69) is 0 Å². The van der Waals surface area contributed by atoms with Crippen molar-refractivity contribution in [3.8, 4) is 0 Å². The van der Waals surface area contributed by atoms with Crippen molar-refractivity contribution >= 4 is 23.4 Å². The maximum atomic E-state index is 13.2. The van der Waals surface area contributed by atoms with Crippen LogP contribution < -0.4 is 4.90 Å². The lowest BCUT2D eigenvalue weighted by molar-refractivity contribution is -0.0969. The van der Waals surface area contributed by atoms with E-state index >= 15 is 0 Å². The second-order valence-electron chi connectivity index (χ2n) is 8.76. The number of hydrogen-bond donors (Lipinski definition) is 0. The molecular formula is C25H26N2O5. The highest BCUT2D eigenvalue weighted by molar-refractivity contribution is 6.35. The number of piperidine rings is 1. The van der Waals surface area contributed by atoms with Crippen LogP contribution in [0.4, 0.5) is 5.69 Å². The Morgan fingerprint density at radius 1 is 0.969 bits per heavy atom. The minimum atomic E-state index is -0.391. The molecule has 1 unspecified atom stereocenters. The van der Waals surface area contributed by atoms with Crippen molar-refractivity contribution in [1.29, 1.82) is 0 Å². The fourth-order valence-electron chi connectivity index (χ4n) is 4.80. The normalized spacial score (nSPS) is 21.4. The summed E-state index contributed by atoms with van der Waals surface area (Å²) in [6, 6.07) is 10.5. The largest absolute Gasteiger partial charge is 0.350 e. The smallest absolute Gasteiger partial charge is 0.266 e. The summed E-state index contributed by atoms with van der Waals surface area (Å²) in [5.74, 6) is -0.738. The molecule has 5 rings (SSSR count). The number of benzene rings is 2. The minimum absolute atomic E-state index is 0.138. The molecule has 0 radical (unpaired) electrons. The van der Waals surface area contributed by atoms with Gasteiger partial charge in [-0.05, 0) is 62.1 Å². The molecule has 0 aromatic heterocycles. The Bertz CT molecular complexity index is 1110. The van der Waals surface area contributed by atoms with E-state index < -0.39 is 5.91 Å². The van der Waals surface area contributed by atoms with E-state index in [1.54, 1.807) is 23.1 Å². The van der Waals surface area contributed by atoms with Gasteiger partial charge in [-0.25, -0.2) is 4.90 Å². The molecule has 3 aliphatic heterocycles. The number of carbonyl (C=O) groups excluding carboxylic acids is 3. The number of anilines is 1. The first-order valence-corrected chi connectivity index (χ1v) is 11.1. The van der Waals surface area contributed by atoms with Gasteiger partial charge < -0.3 is 14.4 Å². The third kappa shape index (κ3) is 3.51. The fraction of sp³-hybridized carbons (Fsp3) is 0.400. The highest BCUT2D eigenvalue weighted by Crippen LogP contribution is 2.32. The summed E-state index contributed by atoms with van der Waals surface area (Å²) in [5.41, 5.74) is 3.42. The third-order valence-corrected chi connectivity index (χ3v) is 6.52. The highest BCUT2D eigenvalue weighted by atomic mass is 16.7. The van der Waals surface area contributed by atoms with Crippen molar-refractivity contribution in [1.82, 2.24) is 4.90 Å². The van der Waals surface area contributed by atoms with Gasteiger partial charge in [0.15, 0.2) is 6.29 Å². The first kappa shape index (κ1) is 20.8. The summed E-state index contributed by atoms with van der Waals surface area (Å²) in [5, 5.41) is 0. The molecule has 166 valence electrons. The third-order valence-electron chi connectivity index (χ3n) is 6.52. The number of rotatable bonds is 3. The molecule has 0 aliphatic carbocycles. The van der Waals surface area contributed by atoms with Gasteiger partial charge in [-0.1, -0.05) is 12.1 Å². The predicted molar refractivity (Wildman–Crippen MR) is 118 cm³/mol. The molecule has 3 amide bonds. The summed E-state index contributed by atoms with van der Waals surface area (Å²) < 4.78 is 11.3. The quantitative estimate of drug-likeness (QED) is 0.693. The van der Waals surface area contributed by atoms with E-state index in [9.17, 15) is 14.4 Å². The zero-order chi connectivity index (χ0) is 22.4. The van der Waals surface area contributed by atoms with Crippen molar-refractivity contribution in [2.45, 2.75) is 33.0 Å². The molecule has 7 nitrogen and oxygen atoms in total. The summed E-state index contributed by atoms with van der Waals surface area (Å²) in [4.78, 5) is 42.5. The molecule has 3 aliphatic rings. The average Bonchev–Trinajstić information content (AvgIpc) is 3.43. The van der Waals surface area contributed by atoms with Crippen molar-refractivity contribution in [2.24, 2.45) is 5.92 Å². The molecule has 7 heteroatoms. The molecule has 2 saturated heterocycles. The lowest BCUT2D eigenvalue weighted by atomic mass is 9.96. The van der Waals surface area contributed by atoms with Crippen LogP contribution in [0.2, 0.25) is 0 Å². The fourth-order valence-corrected chi connectivity index (χ4v) is 4.80. The summed E-state index contributed by atoms with van der Waals surface area (Å²) >= 11 is 0. The number of carbonyl (C=O) groups is 3. The Labute approximate surface area is 186 Å². The Morgan fingerprint density at radius 2 is 1.72 bits per heavy atom. The molecule has 3 heterocycles. The minimum Gasteiger partial charge on any atom is -0.350 e. The lowest BCUT2D eigenvalue weighted by Gasteiger charge is -2.34. The summed E-state index contributed by atoms with van der Waals surface area (Å²) in [6.07, 6.45) is 1.58. The van der Waals surface area contributed by atoms with Crippen molar-refractivity contribution in [2.75, 3.05) is 31.2 Å². The van der Waals surface area contributed by atoms with Crippen LogP contribution >= 0.6 is 0 Å². The Hall–Kier alpha value is -3.03.